The molecular weight excluding hydrogens is 403 g/mol. The second kappa shape index (κ2) is 7.25. The fourth-order valence-electron chi connectivity index (χ4n) is 1.96. The van der Waals surface area contributed by atoms with E-state index in [1.54, 1.807) is 35.2 Å². The minimum absolute atomic E-state index is 0.00822. The summed E-state index contributed by atoms with van der Waals surface area (Å²) >= 11 is 13.3. The molecule has 3 rings (SSSR count). The Bertz CT molecular complexity index is 1000. The molecule has 0 amide bonds. The SMILES string of the molecule is Cn1cnnc1Sc1ccc(NS(=O)(=O)c2cccc(Cl)c2Cl)cc1. The third-order valence-electron chi connectivity index (χ3n) is 3.19. The summed E-state index contributed by atoms with van der Waals surface area (Å²) in [4.78, 5) is 0.832. The van der Waals surface area contributed by atoms with Gasteiger partial charge in [0, 0.05) is 17.6 Å². The summed E-state index contributed by atoms with van der Waals surface area (Å²) < 4.78 is 29.2. The van der Waals surface area contributed by atoms with Crippen molar-refractivity contribution in [3.05, 3.63) is 58.8 Å². The van der Waals surface area contributed by atoms with Crippen LogP contribution in [0.15, 0.2) is 63.7 Å². The van der Waals surface area contributed by atoms with Gasteiger partial charge in [-0.3, -0.25) is 4.72 Å². The van der Waals surface area contributed by atoms with Crippen LogP contribution in [-0.4, -0.2) is 23.2 Å². The van der Waals surface area contributed by atoms with E-state index in [1.807, 2.05) is 7.05 Å². The molecule has 2 aromatic carbocycles. The number of sulfonamides is 1. The van der Waals surface area contributed by atoms with E-state index in [0.29, 0.717) is 5.69 Å². The number of halogens is 2. The molecule has 0 spiro atoms. The highest BCUT2D eigenvalue weighted by Gasteiger charge is 2.19. The maximum atomic E-state index is 12.5. The molecule has 3 aromatic rings. The Hall–Kier alpha value is -1.74. The molecule has 0 aliphatic heterocycles. The average molecular weight is 415 g/mol. The lowest BCUT2D eigenvalue weighted by Crippen LogP contribution is -2.13. The largest absolute Gasteiger partial charge is 0.311 e. The van der Waals surface area contributed by atoms with E-state index < -0.39 is 10.0 Å². The van der Waals surface area contributed by atoms with Crippen LogP contribution in [0.3, 0.4) is 0 Å². The van der Waals surface area contributed by atoms with E-state index in [2.05, 4.69) is 14.9 Å². The first-order chi connectivity index (χ1) is 11.9. The van der Waals surface area contributed by atoms with Gasteiger partial charge in [-0.15, -0.1) is 10.2 Å². The molecule has 0 fully saturated rings. The molecule has 1 heterocycles. The molecule has 25 heavy (non-hydrogen) atoms. The number of aromatic nitrogens is 3. The second-order valence-corrected chi connectivity index (χ2v) is 8.48. The Morgan fingerprint density at radius 1 is 1.12 bits per heavy atom. The van der Waals surface area contributed by atoms with E-state index in [9.17, 15) is 8.42 Å². The van der Waals surface area contributed by atoms with Crippen LogP contribution in [-0.2, 0) is 17.1 Å². The zero-order valence-electron chi connectivity index (χ0n) is 12.8. The topological polar surface area (TPSA) is 76.9 Å². The highest BCUT2D eigenvalue weighted by atomic mass is 35.5. The van der Waals surface area contributed by atoms with E-state index in [4.69, 9.17) is 23.2 Å². The minimum atomic E-state index is -3.84. The maximum Gasteiger partial charge on any atom is 0.263 e. The minimum Gasteiger partial charge on any atom is -0.311 e. The molecule has 130 valence electrons. The predicted octanol–water partition coefficient (Wildman–Crippen LogP) is 4.07. The first-order valence-electron chi connectivity index (χ1n) is 6.95. The van der Waals surface area contributed by atoms with Crippen molar-refractivity contribution in [1.82, 2.24) is 14.8 Å². The fourth-order valence-corrected chi connectivity index (χ4v) is 4.55. The highest BCUT2D eigenvalue weighted by Crippen LogP contribution is 2.31. The quantitative estimate of drug-likeness (QED) is 0.680. The Balaban J connectivity index is 1.79. The van der Waals surface area contributed by atoms with Crippen LogP contribution in [0.4, 0.5) is 5.69 Å². The molecule has 0 unspecified atom stereocenters. The van der Waals surface area contributed by atoms with Crippen molar-refractivity contribution in [2.24, 2.45) is 7.05 Å². The van der Waals surface area contributed by atoms with Gasteiger partial charge in [0.1, 0.15) is 11.2 Å². The zero-order valence-corrected chi connectivity index (χ0v) is 16.0. The van der Waals surface area contributed by atoms with Crippen LogP contribution in [0.5, 0.6) is 0 Å². The lowest BCUT2D eigenvalue weighted by Gasteiger charge is -2.10. The van der Waals surface area contributed by atoms with Crippen molar-refractivity contribution < 1.29 is 8.42 Å². The number of hydrogen-bond acceptors (Lipinski definition) is 5. The molecule has 10 heteroatoms. The van der Waals surface area contributed by atoms with Crippen molar-refractivity contribution in [2.75, 3.05) is 4.72 Å². The van der Waals surface area contributed by atoms with Crippen LogP contribution in [0.25, 0.3) is 0 Å². The van der Waals surface area contributed by atoms with Crippen LogP contribution >= 0.6 is 35.0 Å². The summed E-state index contributed by atoms with van der Waals surface area (Å²) in [5, 5.41) is 8.71. The number of nitrogens with one attached hydrogen (secondary N) is 1. The molecule has 0 saturated heterocycles. The van der Waals surface area contributed by atoms with E-state index in [-0.39, 0.29) is 14.9 Å². The van der Waals surface area contributed by atoms with Crippen molar-refractivity contribution in [3.8, 4) is 0 Å². The molecule has 0 saturated carbocycles. The Kier molecular flexibility index (Phi) is 5.24. The average Bonchev–Trinajstić information content (AvgIpc) is 2.96. The number of hydrogen-bond donors (Lipinski definition) is 1. The van der Waals surface area contributed by atoms with Gasteiger partial charge < -0.3 is 4.57 Å². The molecule has 6 nitrogen and oxygen atoms in total. The van der Waals surface area contributed by atoms with Gasteiger partial charge in [-0.1, -0.05) is 29.3 Å². The summed E-state index contributed by atoms with van der Waals surface area (Å²) in [6, 6.07) is 11.4. The third-order valence-corrected chi connectivity index (χ3v) is 6.61. The number of anilines is 1. The molecular formula is C15H12Cl2N4O2S2. The molecule has 0 aliphatic rings. The Morgan fingerprint density at radius 2 is 1.84 bits per heavy atom. The van der Waals surface area contributed by atoms with Gasteiger partial charge in [0.05, 0.1) is 10.0 Å². The first kappa shape index (κ1) is 18.1. The van der Waals surface area contributed by atoms with E-state index in [1.165, 1.54) is 30.0 Å². The van der Waals surface area contributed by atoms with E-state index in [0.717, 1.165) is 10.1 Å². The zero-order chi connectivity index (χ0) is 18.0. The van der Waals surface area contributed by atoms with Crippen LogP contribution < -0.4 is 4.72 Å². The third kappa shape index (κ3) is 4.09. The van der Waals surface area contributed by atoms with Gasteiger partial charge in [-0.25, -0.2) is 8.42 Å². The molecule has 0 bridgehead atoms. The van der Waals surface area contributed by atoms with Crippen LogP contribution in [0, 0.1) is 0 Å². The number of rotatable bonds is 5. The lowest BCUT2D eigenvalue weighted by molar-refractivity contribution is 0.601. The number of benzene rings is 2. The van der Waals surface area contributed by atoms with Crippen molar-refractivity contribution in [3.63, 3.8) is 0 Å². The Morgan fingerprint density at radius 3 is 2.48 bits per heavy atom. The molecule has 0 aliphatic carbocycles. The van der Waals surface area contributed by atoms with Gasteiger partial charge in [0.2, 0.25) is 0 Å². The van der Waals surface area contributed by atoms with Crippen molar-refractivity contribution in [2.45, 2.75) is 14.9 Å². The van der Waals surface area contributed by atoms with Gasteiger partial charge in [-0.05, 0) is 48.2 Å². The second-order valence-electron chi connectivity index (χ2n) is 5.01. The Labute approximate surface area is 159 Å². The summed E-state index contributed by atoms with van der Waals surface area (Å²) in [6.45, 7) is 0. The number of nitrogens with zero attached hydrogens (tertiary/aromatic N) is 3. The summed E-state index contributed by atoms with van der Waals surface area (Å²) in [5.41, 5.74) is 0.415. The molecule has 0 radical (unpaired) electrons. The van der Waals surface area contributed by atoms with Gasteiger partial charge in [-0.2, -0.15) is 0 Å². The first-order valence-corrected chi connectivity index (χ1v) is 10.0. The predicted molar refractivity (Wildman–Crippen MR) is 98.8 cm³/mol. The maximum absolute atomic E-state index is 12.5. The summed E-state index contributed by atoms with van der Waals surface area (Å²) in [6.07, 6.45) is 1.61. The van der Waals surface area contributed by atoms with Gasteiger partial charge in [0.25, 0.3) is 10.0 Å². The highest BCUT2D eigenvalue weighted by molar-refractivity contribution is 7.99. The number of aryl methyl sites for hydroxylation is 1. The van der Waals surface area contributed by atoms with Crippen molar-refractivity contribution >= 4 is 50.7 Å². The summed E-state index contributed by atoms with van der Waals surface area (Å²) in [5.74, 6) is 0. The lowest BCUT2D eigenvalue weighted by atomic mass is 10.3. The monoisotopic (exact) mass is 414 g/mol. The standard InChI is InChI=1S/C15H12Cl2N4O2S2/c1-21-9-18-19-15(21)24-11-7-5-10(6-8-11)20-25(22,23)13-4-2-3-12(16)14(13)17/h2-9,20H,1H3. The smallest absolute Gasteiger partial charge is 0.263 e. The molecule has 0 atom stereocenters. The fraction of sp³-hybridized carbons (Fsp3) is 0.0667. The van der Waals surface area contributed by atoms with E-state index >= 15 is 0 Å². The normalized spacial score (nSPS) is 11.5. The van der Waals surface area contributed by atoms with Crippen LogP contribution in [0.2, 0.25) is 10.0 Å². The van der Waals surface area contributed by atoms with Gasteiger partial charge in [0.15, 0.2) is 5.16 Å². The van der Waals surface area contributed by atoms with Crippen LogP contribution in [0.1, 0.15) is 0 Å². The van der Waals surface area contributed by atoms with Gasteiger partial charge >= 0.3 is 0 Å². The molecule has 1 aromatic heterocycles. The van der Waals surface area contributed by atoms with Crippen molar-refractivity contribution in [1.29, 1.82) is 0 Å². The molecule has 1 N–H and O–H groups in total. The summed E-state index contributed by atoms with van der Waals surface area (Å²) in [7, 11) is -1.99.